The summed E-state index contributed by atoms with van der Waals surface area (Å²) < 4.78 is 0. The molecule has 0 saturated carbocycles. The summed E-state index contributed by atoms with van der Waals surface area (Å²) in [5, 5.41) is 3.48. The van der Waals surface area contributed by atoms with Gasteiger partial charge in [-0.15, -0.1) is 0 Å². The van der Waals surface area contributed by atoms with E-state index in [1.54, 1.807) is 0 Å². The summed E-state index contributed by atoms with van der Waals surface area (Å²) in [6.45, 7) is 6.34. The number of anilines is 1. The number of hydrogen-bond donors (Lipinski definition) is 2. The van der Waals surface area contributed by atoms with Crippen LogP contribution in [-0.2, 0) is 6.54 Å². The Kier molecular flexibility index (Phi) is 7.51. The number of nitrogens with two attached hydrogens (primary N) is 1. The van der Waals surface area contributed by atoms with Crippen LogP contribution in [0, 0.1) is 6.92 Å². The van der Waals surface area contributed by atoms with E-state index in [4.69, 9.17) is 5.73 Å². The standard InChI is InChI=1S/C16H28N2/c1-3-4-5-6-7-8-11-18-13-15-10-9-14(2)16(17)12-15/h9-10,12,18H,3-8,11,13,17H2,1-2H3. The summed E-state index contributed by atoms with van der Waals surface area (Å²) in [4.78, 5) is 0. The first-order chi connectivity index (χ1) is 8.74. The van der Waals surface area contributed by atoms with Gasteiger partial charge in [-0.3, -0.25) is 0 Å². The molecule has 3 N–H and O–H groups in total. The third kappa shape index (κ3) is 6.06. The number of rotatable bonds is 9. The predicted octanol–water partition coefficient (Wildman–Crippen LogP) is 4.03. The van der Waals surface area contributed by atoms with Gasteiger partial charge in [-0.2, -0.15) is 0 Å². The lowest BCUT2D eigenvalue weighted by Crippen LogP contribution is -2.14. The minimum Gasteiger partial charge on any atom is -0.399 e. The van der Waals surface area contributed by atoms with Crippen molar-refractivity contribution in [3.8, 4) is 0 Å². The van der Waals surface area contributed by atoms with Crippen LogP contribution >= 0.6 is 0 Å². The lowest BCUT2D eigenvalue weighted by Gasteiger charge is -2.07. The highest BCUT2D eigenvalue weighted by Gasteiger charge is 1.96. The van der Waals surface area contributed by atoms with E-state index >= 15 is 0 Å². The smallest absolute Gasteiger partial charge is 0.0346 e. The van der Waals surface area contributed by atoms with Crippen LogP contribution in [0.1, 0.15) is 56.6 Å². The van der Waals surface area contributed by atoms with Crippen molar-refractivity contribution in [3.63, 3.8) is 0 Å². The molecule has 0 aromatic heterocycles. The molecule has 0 aliphatic carbocycles. The van der Waals surface area contributed by atoms with E-state index in [1.165, 1.54) is 44.1 Å². The fourth-order valence-electron chi connectivity index (χ4n) is 2.06. The van der Waals surface area contributed by atoms with Crippen LogP contribution in [-0.4, -0.2) is 6.54 Å². The van der Waals surface area contributed by atoms with Crippen LogP contribution < -0.4 is 11.1 Å². The number of benzene rings is 1. The normalized spacial score (nSPS) is 10.8. The van der Waals surface area contributed by atoms with Gasteiger partial charge < -0.3 is 11.1 Å². The third-order valence-electron chi connectivity index (χ3n) is 3.38. The fraction of sp³-hybridized carbons (Fsp3) is 0.625. The molecule has 2 heteroatoms. The van der Waals surface area contributed by atoms with E-state index in [1.807, 2.05) is 6.92 Å². The first-order valence-electron chi connectivity index (χ1n) is 7.29. The van der Waals surface area contributed by atoms with E-state index < -0.39 is 0 Å². The van der Waals surface area contributed by atoms with Crippen molar-refractivity contribution >= 4 is 5.69 Å². The van der Waals surface area contributed by atoms with Gasteiger partial charge in [0.25, 0.3) is 0 Å². The summed E-state index contributed by atoms with van der Waals surface area (Å²) in [7, 11) is 0. The predicted molar refractivity (Wildman–Crippen MR) is 80.7 cm³/mol. The van der Waals surface area contributed by atoms with Crippen LogP contribution in [0.15, 0.2) is 18.2 Å². The fourth-order valence-corrected chi connectivity index (χ4v) is 2.06. The van der Waals surface area contributed by atoms with Gasteiger partial charge in [0.1, 0.15) is 0 Å². The minimum absolute atomic E-state index is 0.897. The van der Waals surface area contributed by atoms with E-state index in [0.29, 0.717) is 0 Å². The van der Waals surface area contributed by atoms with Crippen molar-refractivity contribution in [2.75, 3.05) is 12.3 Å². The van der Waals surface area contributed by atoms with E-state index in [2.05, 4.69) is 30.4 Å². The van der Waals surface area contributed by atoms with E-state index in [0.717, 1.165) is 24.3 Å². The molecule has 1 aromatic carbocycles. The maximum Gasteiger partial charge on any atom is 0.0346 e. The lowest BCUT2D eigenvalue weighted by molar-refractivity contribution is 0.572. The summed E-state index contributed by atoms with van der Waals surface area (Å²) in [5.41, 5.74) is 9.23. The van der Waals surface area contributed by atoms with Crippen molar-refractivity contribution < 1.29 is 0 Å². The maximum absolute atomic E-state index is 5.89. The van der Waals surface area contributed by atoms with Gasteiger partial charge in [-0.25, -0.2) is 0 Å². The molecule has 0 bridgehead atoms. The van der Waals surface area contributed by atoms with Crippen molar-refractivity contribution in [2.24, 2.45) is 0 Å². The van der Waals surface area contributed by atoms with Crippen LogP contribution in [0.4, 0.5) is 5.69 Å². The van der Waals surface area contributed by atoms with Gasteiger partial charge >= 0.3 is 0 Å². The number of aryl methyl sites for hydroxylation is 1. The number of unbranched alkanes of at least 4 members (excludes halogenated alkanes) is 5. The van der Waals surface area contributed by atoms with E-state index in [9.17, 15) is 0 Å². The highest BCUT2D eigenvalue weighted by atomic mass is 14.8. The molecule has 0 unspecified atom stereocenters. The Morgan fingerprint density at radius 3 is 2.50 bits per heavy atom. The molecule has 0 saturated heterocycles. The second-order valence-electron chi connectivity index (χ2n) is 5.14. The molecule has 1 rings (SSSR count). The Morgan fingerprint density at radius 1 is 1.06 bits per heavy atom. The third-order valence-corrected chi connectivity index (χ3v) is 3.38. The zero-order valence-electron chi connectivity index (χ0n) is 12.0. The zero-order valence-corrected chi connectivity index (χ0v) is 12.0. The van der Waals surface area contributed by atoms with Crippen LogP contribution in [0.5, 0.6) is 0 Å². The molecular weight excluding hydrogens is 220 g/mol. The monoisotopic (exact) mass is 248 g/mol. The lowest BCUT2D eigenvalue weighted by atomic mass is 10.1. The van der Waals surface area contributed by atoms with Crippen molar-refractivity contribution in [1.82, 2.24) is 5.32 Å². The molecule has 0 amide bonds. The minimum atomic E-state index is 0.897. The Balaban J connectivity index is 2.05. The molecule has 0 spiro atoms. The summed E-state index contributed by atoms with van der Waals surface area (Å²) in [6, 6.07) is 6.32. The molecule has 0 aliphatic heterocycles. The van der Waals surface area contributed by atoms with Gasteiger partial charge in [-0.1, -0.05) is 51.2 Å². The number of nitrogen functional groups attached to an aromatic ring is 1. The van der Waals surface area contributed by atoms with Crippen molar-refractivity contribution in [1.29, 1.82) is 0 Å². The number of nitrogens with one attached hydrogen (secondary N) is 1. The van der Waals surface area contributed by atoms with Gasteiger partial charge in [0, 0.05) is 12.2 Å². The molecule has 1 aromatic rings. The van der Waals surface area contributed by atoms with Crippen molar-refractivity contribution in [3.05, 3.63) is 29.3 Å². The Bertz CT molecular complexity index is 334. The highest BCUT2D eigenvalue weighted by Crippen LogP contribution is 2.12. The molecule has 2 nitrogen and oxygen atoms in total. The molecule has 0 heterocycles. The average molecular weight is 248 g/mol. The first kappa shape index (κ1) is 15.0. The van der Waals surface area contributed by atoms with Gasteiger partial charge in [-0.05, 0) is 37.1 Å². The molecule has 18 heavy (non-hydrogen) atoms. The second-order valence-corrected chi connectivity index (χ2v) is 5.14. The second kappa shape index (κ2) is 8.98. The molecule has 102 valence electrons. The Morgan fingerprint density at radius 2 is 1.78 bits per heavy atom. The van der Waals surface area contributed by atoms with Gasteiger partial charge in [0.2, 0.25) is 0 Å². The zero-order chi connectivity index (χ0) is 13.2. The quantitative estimate of drug-likeness (QED) is 0.511. The SMILES string of the molecule is CCCCCCCCNCc1ccc(C)c(N)c1. The Hall–Kier alpha value is -1.02. The largest absolute Gasteiger partial charge is 0.399 e. The Labute approximate surface area is 112 Å². The molecule has 0 atom stereocenters. The topological polar surface area (TPSA) is 38.0 Å². The number of hydrogen-bond acceptors (Lipinski definition) is 2. The first-order valence-corrected chi connectivity index (χ1v) is 7.29. The van der Waals surface area contributed by atoms with E-state index in [-0.39, 0.29) is 0 Å². The summed E-state index contributed by atoms with van der Waals surface area (Å²) >= 11 is 0. The van der Waals surface area contributed by atoms with Crippen LogP contribution in [0.3, 0.4) is 0 Å². The van der Waals surface area contributed by atoms with Gasteiger partial charge in [0.05, 0.1) is 0 Å². The molecule has 0 radical (unpaired) electrons. The van der Waals surface area contributed by atoms with Crippen LogP contribution in [0.2, 0.25) is 0 Å². The molecule has 0 aliphatic rings. The average Bonchev–Trinajstić information content (AvgIpc) is 2.37. The van der Waals surface area contributed by atoms with Crippen molar-refractivity contribution in [2.45, 2.75) is 58.9 Å². The summed E-state index contributed by atoms with van der Waals surface area (Å²) in [5.74, 6) is 0. The molecule has 0 fully saturated rings. The van der Waals surface area contributed by atoms with Crippen LogP contribution in [0.25, 0.3) is 0 Å². The molecular formula is C16H28N2. The highest BCUT2D eigenvalue weighted by molar-refractivity contribution is 5.48. The van der Waals surface area contributed by atoms with Gasteiger partial charge in [0.15, 0.2) is 0 Å². The maximum atomic E-state index is 5.89. The summed E-state index contributed by atoms with van der Waals surface area (Å²) in [6.07, 6.45) is 8.12.